The summed E-state index contributed by atoms with van der Waals surface area (Å²) in [5.74, 6) is 0. The molecule has 1 fully saturated rings. The van der Waals surface area contributed by atoms with Gasteiger partial charge in [-0.15, -0.1) is 0 Å². The van der Waals surface area contributed by atoms with Crippen molar-refractivity contribution >= 4 is 6.09 Å². The van der Waals surface area contributed by atoms with E-state index >= 15 is 0 Å². The SMILES string of the molecule is CC(NCCN(C(=O)OC(C)(C)C)C(C)(C)C)C1CCCO1. The predicted octanol–water partition coefficient (Wildman–Crippen LogP) is 3.18. The van der Waals surface area contributed by atoms with Gasteiger partial charge in [-0.3, -0.25) is 0 Å². The van der Waals surface area contributed by atoms with Crippen LogP contribution >= 0.6 is 0 Å². The first-order valence-corrected chi connectivity index (χ1v) is 8.36. The van der Waals surface area contributed by atoms with Gasteiger partial charge in [0.1, 0.15) is 5.60 Å². The highest BCUT2D eigenvalue weighted by atomic mass is 16.6. The zero-order valence-electron chi connectivity index (χ0n) is 15.4. The van der Waals surface area contributed by atoms with Crippen LogP contribution in [0.4, 0.5) is 4.79 Å². The van der Waals surface area contributed by atoms with E-state index in [1.807, 2.05) is 41.5 Å². The van der Waals surface area contributed by atoms with E-state index in [1.165, 1.54) is 0 Å². The standard InChI is InChI=1S/C17H34N2O3/c1-13(14-9-8-12-21-14)18-10-11-19(16(2,3)4)15(20)22-17(5,6)7/h13-14,18H,8-12H2,1-7H3. The van der Waals surface area contributed by atoms with Crippen LogP contribution in [0.5, 0.6) is 0 Å². The van der Waals surface area contributed by atoms with Crippen molar-refractivity contribution in [3.05, 3.63) is 0 Å². The van der Waals surface area contributed by atoms with Crippen LogP contribution in [0.15, 0.2) is 0 Å². The summed E-state index contributed by atoms with van der Waals surface area (Å²) in [6, 6.07) is 0.308. The number of hydrogen-bond acceptors (Lipinski definition) is 4. The highest BCUT2D eigenvalue weighted by molar-refractivity contribution is 5.69. The number of rotatable bonds is 5. The third-order valence-corrected chi connectivity index (χ3v) is 3.75. The summed E-state index contributed by atoms with van der Waals surface area (Å²) in [7, 11) is 0. The Labute approximate surface area is 135 Å². The Morgan fingerprint density at radius 2 is 1.95 bits per heavy atom. The molecule has 0 saturated carbocycles. The summed E-state index contributed by atoms with van der Waals surface area (Å²) < 4.78 is 11.2. The van der Waals surface area contributed by atoms with Gasteiger partial charge in [-0.25, -0.2) is 4.79 Å². The lowest BCUT2D eigenvalue weighted by molar-refractivity contribution is 0.00596. The van der Waals surface area contributed by atoms with Crippen molar-refractivity contribution < 1.29 is 14.3 Å². The monoisotopic (exact) mass is 314 g/mol. The Hall–Kier alpha value is -0.810. The van der Waals surface area contributed by atoms with E-state index in [0.29, 0.717) is 18.7 Å². The molecule has 0 bridgehead atoms. The maximum absolute atomic E-state index is 12.4. The van der Waals surface area contributed by atoms with Gasteiger partial charge in [-0.05, 0) is 61.3 Å². The molecule has 5 nitrogen and oxygen atoms in total. The zero-order valence-corrected chi connectivity index (χ0v) is 15.4. The maximum Gasteiger partial charge on any atom is 0.410 e. The molecule has 5 heteroatoms. The van der Waals surface area contributed by atoms with Crippen molar-refractivity contribution in [2.24, 2.45) is 0 Å². The molecular formula is C17H34N2O3. The quantitative estimate of drug-likeness (QED) is 0.847. The Morgan fingerprint density at radius 1 is 1.32 bits per heavy atom. The van der Waals surface area contributed by atoms with Gasteiger partial charge in [0.05, 0.1) is 6.10 Å². The van der Waals surface area contributed by atoms with Crippen molar-refractivity contribution in [2.45, 2.75) is 84.6 Å². The number of nitrogens with one attached hydrogen (secondary N) is 1. The molecule has 130 valence electrons. The Bertz CT molecular complexity index is 352. The van der Waals surface area contributed by atoms with E-state index in [0.717, 1.165) is 26.0 Å². The average Bonchev–Trinajstić information content (AvgIpc) is 2.83. The summed E-state index contributed by atoms with van der Waals surface area (Å²) in [6.45, 7) is 16.1. The second kappa shape index (κ2) is 7.64. The molecule has 2 unspecified atom stereocenters. The molecule has 1 aliphatic heterocycles. The third-order valence-electron chi connectivity index (χ3n) is 3.75. The molecule has 2 atom stereocenters. The summed E-state index contributed by atoms with van der Waals surface area (Å²) in [6.07, 6.45) is 2.29. The molecule has 0 spiro atoms. The molecule has 0 aromatic heterocycles. The topological polar surface area (TPSA) is 50.8 Å². The van der Waals surface area contributed by atoms with E-state index < -0.39 is 5.60 Å². The van der Waals surface area contributed by atoms with Gasteiger partial charge in [0, 0.05) is 31.3 Å². The predicted molar refractivity (Wildman–Crippen MR) is 89.1 cm³/mol. The van der Waals surface area contributed by atoms with E-state index in [9.17, 15) is 4.79 Å². The minimum Gasteiger partial charge on any atom is -0.444 e. The Kier molecular flexibility index (Phi) is 6.68. The van der Waals surface area contributed by atoms with Crippen molar-refractivity contribution in [3.63, 3.8) is 0 Å². The van der Waals surface area contributed by atoms with E-state index in [1.54, 1.807) is 4.90 Å². The van der Waals surface area contributed by atoms with Crippen LogP contribution in [0.1, 0.15) is 61.3 Å². The summed E-state index contributed by atoms with van der Waals surface area (Å²) in [4.78, 5) is 14.2. The Balaban J connectivity index is 2.50. The number of amides is 1. The summed E-state index contributed by atoms with van der Waals surface area (Å²) >= 11 is 0. The van der Waals surface area contributed by atoms with Gasteiger partial charge in [0.2, 0.25) is 0 Å². The molecule has 1 rings (SSSR count). The molecule has 1 aliphatic rings. The second-order valence-corrected chi connectivity index (χ2v) is 8.10. The zero-order chi connectivity index (χ0) is 17.0. The second-order valence-electron chi connectivity index (χ2n) is 8.10. The van der Waals surface area contributed by atoms with Gasteiger partial charge < -0.3 is 19.7 Å². The van der Waals surface area contributed by atoms with Crippen molar-refractivity contribution in [1.29, 1.82) is 0 Å². The molecule has 22 heavy (non-hydrogen) atoms. The van der Waals surface area contributed by atoms with Gasteiger partial charge in [0.15, 0.2) is 0 Å². The third kappa shape index (κ3) is 6.53. The van der Waals surface area contributed by atoms with Gasteiger partial charge in [-0.1, -0.05) is 0 Å². The highest BCUT2D eigenvalue weighted by Crippen LogP contribution is 2.18. The molecule has 0 aliphatic carbocycles. The molecule has 1 heterocycles. The van der Waals surface area contributed by atoms with Crippen molar-refractivity contribution in [3.8, 4) is 0 Å². The lowest BCUT2D eigenvalue weighted by Crippen LogP contribution is -2.51. The number of carbonyl (C=O) groups is 1. The highest BCUT2D eigenvalue weighted by Gasteiger charge is 2.30. The minimum absolute atomic E-state index is 0.258. The average molecular weight is 314 g/mol. The number of ether oxygens (including phenoxy) is 2. The van der Waals surface area contributed by atoms with Crippen LogP contribution in [0.25, 0.3) is 0 Å². The van der Waals surface area contributed by atoms with Crippen molar-refractivity contribution in [2.75, 3.05) is 19.7 Å². The fraction of sp³-hybridized carbons (Fsp3) is 0.941. The fourth-order valence-corrected chi connectivity index (χ4v) is 2.55. The van der Waals surface area contributed by atoms with Crippen LogP contribution in [0.3, 0.4) is 0 Å². The van der Waals surface area contributed by atoms with Crippen LogP contribution in [0, 0.1) is 0 Å². The van der Waals surface area contributed by atoms with Gasteiger partial charge in [0.25, 0.3) is 0 Å². The van der Waals surface area contributed by atoms with Crippen molar-refractivity contribution in [1.82, 2.24) is 10.2 Å². The number of carbonyl (C=O) groups excluding carboxylic acids is 1. The largest absolute Gasteiger partial charge is 0.444 e. The van der Waals surface area contributed by atoms with Crippen LogP contribution in [-0.2, 0) is 9.47 Å². The molecule has 1 amide bonds. The molecule has 0 radical (unpaired) electrons. The number of hydrogen-bond donors (Lipinski definition) is 1. The van der Waals surface area contributed by atoms with Gasteiger partial charge >= 0.3 is 6.09 Å². The first-order chi connectivity index (χ1) is 10.0. The van der Waals surface area contributed by atoms with E-state index in [4.69, 9.17) is 9.47 Å². The lowest BCUT2D eigenvalue weighted by Gasteiger charge is -2.37. The summed E-state index contributed by atoms with van der Waals surface area (Å²) in [5, 5.41) is 3.47. The lowest BCUT2D eigenvalue weighted by atomic mass is 10.1. The van der Waals surface area contributed by atoms with E-state index in [2.05, 4.69) is 12.2 Å². The fourth-order valence-electron chi connectivity index (χ4n) is 2.55. The van der Waals surface area contributed by atoms with Crippen LogP contribution in [-0.4, -0.2) is 54.0 Å². The number of nitrogens with zero attached hydrogens (tertiary/aromatic N) is 1. The maximum atomic E-state index is 12.4. The molecule has 1 N–H and O–H groups in total. The molecule has 1 saturated heterocycles. The molecular weight excluding hydrogens is 280 g/mol. The first-order valence-electron chi connectivity index (χ1n) is 8.36. The van der Waals surface area contributed by atoms with Gasteiger partial charge in [-0.2, -0.15) is 0 Å². The smallest absolute Gasteiger partial charge is 0.410 e. The molecule has 0 aromatic carbocycles. The normalized spacial score (nSPS) is 20.8. The molecule has 0 aromatic rings. The van der Waals surface area contributed by atoms with E-state index in [-0.39, 0.29) is 11.6 Å². The Morgan fingerprint density at radius 3 is 2.41 bits per heavy atom. The van der Waals surface area contributed by atoms with Crippen LogP contribution in [0.2, 0.25) is 0 Å². The minimum atomic E-state index is -0.473. The summed E-state index contributed by atoms with van der Waals surface area (Å²) in [5.41, 5.74) is -0.740. The van der Waals surface area contributed by atoms with Crippen LogP contribution < -0.4 is 5.32 Å². The first kappa shape index (κ1) is 19.2.